The van der Waals surface area contributed by atoms with Gasteiger partial charge in [-0.1, -0.05) is 269 Å². The Morgan fingerprint density at radius 1 is 0.290 bits per heavy atom. The molecule has 404 valence electrons. The standard InChI is InChI=1S/C63H116O6/c1-4-7-10-13-16-19-22-24-26-28-30-31-32-33-34-36-37-39-41-44-47-50-53-56-62(65)68-59-60(58-67-61(64)55-52-49-46-43-21-18-15-12-9-6-3)69-63(66)57-54-51-48-45-42-40-38-35-29-27-25-23-20-17-14-11-8-5-2/h22,24,27-30,60H,4-21,23,25-26,31-59H2,1-3H3/b24-22-,29-27-,30-28-. The minimum Gasteiger partial charge on any atom is -0.462 e. The SMILES string of the molecule is CCCCCCC/C=C\C/C=C\CCCCCCCCCCCCCC(=O)OCC(COC(=O)CCCCCCCCCCCC)OC(=O)CCCCCCCCC/C=C\CCCCCCCCC. The summed E-state index contributed by atoms with van der Waals surface area (Å²) in [4.78, 5) is 38.1. The highest BCUT2D eigenvalue weighted by Gasteiger charge is 2.19. The van der Waals surface area contributed by atoms with Gasteiger partial charge in [-0.2, -0.15) is 0 Å². The predicted molar refractivity (Wildman–Crippen MR) is 298 cm³/mol. The van der Waals surface area contributed by atoms with Gasteiger partial charge in [0, 0.05) is 19.3 Å². The van der Waals surface area contributed by atoms with Crippen LogP contribution in [0.5, 0.6) is 0 Å². The van der Waals surface area contributed by atoms with E-state index in [4.69, 9.17) is 14.2 Å². The summed E-state index contributed by atoms with van der Waals surface area (Å²) >= 11 is 0. The predicted octanol–water partition coefficient (Wildman–Crippen LogP) is 20.4. The molecule has 0 rings (SSSR count). The molecular weight excluding hydrogens is 853 g/mol. The Morgan fingerprint density at radius 2 is 0.522 bits per heavy atom. The molecule has 0 saturated heterocycles. The molecule has 0 aromatic heterocycles. The van der Waals surface area contributed by atoms with Crippen molar-refractivity contribution >= 4 is 17.9 Å². The van der Waals surface area contributed by atoms with Gasteiger partial charge in [0.1, 0.15) is 13.2 Å². The minimum atomic E-state index is -0.772. The lowest BCUT2D eigenvalue weighted by molar-refractivity contribution is -0.167. The van der Waals surface area contributed by atoms with Crippen molar-refractivity contribution in [1.29, 1.82) is 0 Å². The zero-order valence-corrected chi connectivity index (χ0v) is 46.3. The van der Waals surface area contributed by atoms with E-state index in [0.717, 1.165) is 64.2 Å². The maximum atomic E-state index is 12.9. The Labute approximate surface area is 429 Å². The minimum absolute atomic E-state index is 0.0707. The highest BCUT2D eigenvalue weighted by molar-refractivity contribution is 5.71. The topological polar surface area (TPSA) is 78.9 Å². The van der Waals surface area contributed by atoms with Crippen LogP contribution in [-0.2, 0) is 28.6 Å². The molecule has 0 aromatic carbocycles. The molecule has 0 fully saturated rings. The molecule has 0 spiro atoms. The van der Waals surface area contributed by atoms with E-state index in [1.54, 1.807) is 0 Å². The van der Waals surface area contributed by atoms with Gasteiger partial charge in [-0.15, -0.1) is 0 Å². The quantitative estimate of drug-likeness (QED) is 0.0261. The molecule has 0 N–H and O–H groups in total. The lowest BCUT2D eigenvalue weighted by Crippen LogP contribution is -2.30. The molecule has 0 radical (unpaired) electrons. The Morgan fingerprint density at radius 3 is 0.812 bits per heavy atom. The van der Waals surface area contributed by atoms with Gasteiger partial charge in [-0.3, -0.25) is 14.4 Å². The Hall–Kier alpha value is -2.37. The summed E-state index contributed by atoms with van der Waals surface area (Å²) in [6.07, 6.45) is 70.0. The van der Waals surface area contributed by atoms with E-state index < -0.39 is 6.10 Å². The molecule has 0 aliphatic carbocycles. The molecule has 0 heterocycles. The van der Waals surface area contributed by atoms with E-state index in [-0.39, 0.29) is 31.1 Å². The lowest BCUT2D eigenvalue weighted by Gasteiger charge is -2.18. The first-order valence-electron chi connectivity index (χ1n) is 30.5. The molecule has 0 saturated carbocycles. The van der Waals surface area contributed by atoms with Crippen molar-refractivity contribution in [2.75, 3.05) is 13.2 Å². The summed E-state index contributed by atoms with van der Waals surface area (Å²) in [6.45, 7) is 6.65. The maximum absolute atomic E-state index is 12.9. The average molecular weight is 970 g/mol. The third-order valence-corrected chi connectivity index (χ3v) is 13.6. The number of carbonyl (C=O) groups excluding carboxylic acids is 3. The second-order valence-corrected chi connectivity index (χ2v) is 20.6. The molecule has 0 aliphatic rings. The average Bonchev–Trinajstić information content (AvgIpc) is 3.35. The van der Waals surface area contributed by atoms with Crippen molar-refractivity contribution in [2.24, 2.45) is 0 Å². The van der Waals surface area contributed by atoms with Crippen LogP contribution in [0.25, 0.3) is 0 Å². The highest BCUT2D eigenvalue weighted by atomic mass is 16.6. The molecular formula is C63H116O6. The van der Waals surface area contributed by atoms with Gasteiger partial charge >= 0.3 is 17.9 Å². The van der Waals surface area contributed by atoms with E-state index in [0.29, 0.717) is 19.3 Å². The summed E-state index contributed by atoms with van der Waals surface area (Å²) in [5.41, 5.74) is 0. The van der Waals surface area contributed by atoms with E-state index >= 15 is 0 Å². The summed E-state index contributed by atoms with van der Waals surface area (Å²) in [5.74, 6) is -0.860. The normalized spacial score (nSPS) is 12.2. The highest BCUT2D eigenvalue weighted by Crippen LogP contribution is 2.16. The second kappa shape index (κ2) is 58.2. The summed E-state index contributed by atoms with van der Waals surface area (Å²) in [6, 6.07) is 0. The van der Waals surface area contributed by atoms with Crippen molar-refractivity contribution in [2.45, 2.75) is 335 Å². The molecule has 69 heavy (non-hydrogen) atoms. The smallest absolute Gasteiger partial charge is 0.306 e. The summed E-state index contributed by atoms with van der Waals surface area (Å²) in [5, 5.41) is 0. The van der Waals surface area contributed by atoms with Crippen molar-refractivity contribution in [3.8, 4) is 0 Å². The fraction of sp³-hybridized carbons (Fsp3) is 0.857. The molecule has 0 aliphatic heterocycles. The van der Waals surface area contributed by atoms with Crippen LogP contribution in [0.2, 0.25) is 0 Å². The van der Waals surface area contributed by atoms with Crippen molar-refractivity contribution < 1.29 is 28.6 Å². The second-order valence-electron chi connectivity index (χ2n) is 20.6. The summed E-state index contributed by atoms with van der Waals surface area (Å²) < 4.78 is 16.9. The fourth-order valence-electron chi connectivity index (χ4n) is 9.00. The zero-order chi connectivity index (χ0) is 50.0. The maximum Gasteiger partial charge on any atom is 0.306 e. The van der Waals surface area contributed by atoms with Gasteiger partial charge in [0.15, 0.2) is 6.10 Å². The van der Waals surface area contributed by atoms with Crippen LogP contribution in [-0.4, -0.2) is 37.2 Å². The van der Waals surface area contributed by atoms with Crippen LogP contribution >= 0.6 is 0 Å². The molecule has 0 aromatic rings. The van der Waals surface area contributed by atoms with Crippen LogP contribution in [0.1, 0.15) is 329 Å². The number of rotatable bonds is 56. The Balaban J connectivity index is 4.24. The molecule has 0 bridgehead atoms. The monoisotopic (exact) mass is 969 g/mol. The number of hydrogen-bond acceptors (Lipinski definition) is 6. The zero-order valence-electron chi connectivity index (χ0n) is 46.3. The Kier molecular flexibility index (Phi) is 56.2. The molecule has 6 nitrogen and oxygen atoms in total. The molecule has 0 amide bonds. The van der Waals surface area contributed by atoms with Crippen LogP contribution in [0.15, 0.2) is 36.5 Å². The first-order valence-corrected chi connectivity index (χ1v) is 30.5. The number of unbranched alkanes of at least 4 members (excludes halogenated alkanes) is 39. The number of carbonyl (C=O) groups is 3. The van der Waals surface area contributed by atoms with E-state index in [1.165, 1.54) is 225 Å². The van der Waals surface area contributed by atoms with E-state index in [9.17, 15) is 14.4 Å². The molecule has 1 unspecified atom stereocenters. The summed E-state index contributed by atoms with van der Waals surface area (Å²) in [7, 11) is 0. The van der Waals surface area contributed by atoms with Crippen molar-refractivity contribution in [3.63, 3.8) is 0 Å². The van der Waals surface area contributed by atoms with Crippen LogP contribution in [0.3, 0.4) is 0 Å². The van der Waals surface area contributed by atoms with E-state index in [2.05, 4.69) is 57.2 Å². The van der Waals surface area contributed by atoms with Gasteiger partial charge in [0.25, 0.3) is 0 Å². The number of hydrogen-bond donors (Lipinski definition) is 0. The Bertz CT molecular complexity index is 1160. The number of ether oxygens (including phenoxy) is 3. The lowest BCUT2D eigenvalue weighted by atomic mass is 10.0. The first kappa shape index (κ1) is 66.6. The van der Waals surface area contributed by atoms with Gasteiger partial charge in [-0.25, -0.2) is 0 Å². The van der Waals surface area contributed by atoms with Crippen LogP contribution in [0.4, 0.5) is 0 Å². The van der Waals surface area contributed by atoms with E-state index in [1.807, 2.05) is 0 Å². The third kappa shape index (κ3) is 56.4. The van der Waals surface area contributed by atoms with Gasteiger partial charge < -0.3 is 14.2 Å². The van der Waals surface area contributed by atoms with Gasteiger partial charge in [-0.05, 0) is 77.0 Å². The first-order chi connectivity index (χ1) is 34.0. The number of allylic oxidation sites excluding steroid dienone is 6. The van der Waals surface area contributed by atoms with Gasteiger partial charge in [0.2, 0.25) is 0 Å². The van der Waals surface area contributed by atoms with Crippen molar-refractivity contribution in [1.82, 2.24) is 0 Å². The van der Waals surface area contributed by atoms with Gasteiger partial charge in [0.05, 0.1) is 0 Å². The third-order valence-electron chi connectivity index (χ3n) is 13.6. The van der Waals surface area contributed by atoms with Crippen LogP contribution < -0.4 is 0 Å². The molecule has 1 atom stereocenters. The largest absolute Gasteiger partial charge is 0.462 e. The molecule has 6 heteroatoms. The number of esters is 3. The van der Waals surface area contributed by atoms with Crippen LogP contribution in [0, 0.1) is 0 Å². The fourth-order valence-corrected chi connectivity index (χ4v) is 9.00. The van der Waals surface area contributed by atoms with Crippen molar-refractivity contribution in [3.05, 3.63) is 36.5 Å².